The summed E-state index contributed by atoms with van der Waals surface area (Å²) in [6.07, 6.45) is -0.256. The highest BCUT2D eigenvalue weighted by atomic mass is 16.7. The summed E-state index contributed by atoms with van der Waals surface area (Å²) in [5.74, 6) is -2.29. The molecule has 1 aliphatic heterocycles. The standard InChI is InChI=1S/C11H8N4O4/c12-14-13-7-1-3-8(4-2-7)15-10(17)6-5-9(16)11(18)19-15/h1-4H,5-6H2. The minimum Gasteiger partial charge on any atom is -0.325 e. The summed E-state index contributed by atoms with van der Waals surface area (Å²) in [5.41, 5.74) is 8.91. The third-order valence-electron chi connectivity index (χ3n) is 2.44. The van der Waals surface area contributed by atoms with Crippen molar-refractivity contribution < 1.29 is 19.2 Å². The van der Waals surface area contributed by atoms with Gasteiger partial charge in [-0.25, -0.2) is 4.79 Å². The lowest BCUT2D eigenvalue weighted by Crippen LogP contribution is -2.31. The van der Waals surface area contributed by atoms with Gasteiger partial charge in [-0.1, -0.05) is 17.2 Å². The third-order valence-corrected chi connectivity index (χ3v) is 2.44. The molecule has 0 saturated carbocycles. The van der Waals surface area contributed by atoms with E-state index in [1.807, 2.05) is 0 Å². The van der Waals surface area contributed by atoms with Gasteiger partial charge < -0.3 is 4.84 Å². The lowest BCUT2D eigenvalue weighted by Gasteiger charge is -2.18. The van der Waals surface area contributed by atoms with E-state index in [0.717, 1.165) is 5.06 Å². The van der Waals surface area contributed by atoms with Crippen LogP contribution in [0.3, 0.4) is 0 Å². The van der Waals surface area contributed by atoms with Crippen LogP contribution >= 0.6 is 0 Å². The Morgan fingerprint density at radius 1 is 1.16 bits per heavy atom. The van der Waals surface area contributed by atoms with Crippen molar-refractivity contribution in [3.8, 4) is 0 Å². The molecule has 19 heavy (non-hydrogen) atoms. The van der Waals surface area contributed by atoms with Gasteiger partial charge in [0.15, 0.2) is 0 Å². The first-order valence-electron chi connectivity index (χ1n) is 5.35. The molecule has 0 atom stereocenters. The van der Waals surface area contributed by atoms with E-state index in [-0.39, 0.29) is 18.5 Å². The Morgan fingerprint density at radius 2 is 1.84 bits per heavy atom. The number of anilines is 1. The fraction of sp³-hybridized carbons (Fsp3) is 0.182. The number of rotatable bonds is 2. The van der Waals surface area contributed by atoms with Crippen LogP contribution in [0.15, 0.2) is 29.4 Å². The number of azide groups is 1. The Hall–Kier alpha value is -2.86. The highest BCUT2D eigenvalue weighted by Crippen LogP contribution is 2.22. The van der Waals surface area contributed by atoms with Gasteiger partial charge in [-0.3, -0.25) is 9.59 Å². The van der Waals surface area contributed by atoms with E-state index in [2.05, 4.69) is 10.0 Å². The zero-order chi connectivity index (χ0) is 13.8. The van der Waals surface area contributed by atoms with Crippen LogP contribution in [-0.2, 0) is 19.2 Å². The second-order valence-electron chi connectivity index (χ2n) is 3.70. The van der Waals surface area contributed by atoms with E-state index in [1.54, 1.807) is 0 Å². The Labute approximate surface area is 107 Å². The Balaban J connectivity index is 2.28. The predicted octanol–water partition coefficient (Wildman–Crippen LogP) is 1.78. The van der Waals surface area contributed by atoms with Crippen molar-refractivity contribution >= 4 is 29.0 Å². The summed E-state index contributed by atoms with van der Waals surface area (Å²) < 4.78 is 0. The molecule has 1 aromatic carbocycles. The van der Waals surface area contributed by atoms with Gasteiger partial charge in [0.2, 0.25) is 5.78 Å². The first-order valence-corrected chi connectivity index (χ1v) is 5.35. The summed E-state index contributed by atoms with van der Waals surface area (Å²) in [5, 5.41) is 4.14. The van der Waals surface area contributed by atoms with Crippen LogP contribution in [-0.4, -0.2) is 17.7 Å². The van der Waals surface area contributed by atoms with E-state index in [9.17, 15) is 14.4 Å². The van der Waals surface area contributed by atoms with E-state index >= 15 is 0 Å². The number of hydrogen-bond donors (Lipinski definition) is 0. The van der Waals surface area contributed by atoms with E-state index in [0.29, 0.717) is 5.69 Å². The molecule has 0 aromatic heterocycles. The smallest absolute Gasteiger partial charge is 0.325 e. The zero-order valence-electron chi connectivity index (χ0n) is 9.65. The summed E-state index contributed by atoms with van der Waals surface area (Å²) >= 11 is 0. The molecular weight excluding hydrogens is 252 g/mol. The lowest BCUT2D eigenvalue weighted by atomic mass is 10.2. The monoisotopic (exact) mass is 260 g/mol. The Morgan fingerprint density at radius 3 is 2.47 bits per heavy atom. The molecule has 0 spiro atoms. The van der Waals surface area contributed by atoms with Crippen molar-refractivity contribution in [3.63, 3.8) is 0 Å². The molecule has 1 aromatic rings. The molecule has 1 saturated heterocycles. The van der Waals surface area contributed by atoms with Crippen molar-refractivity contribution in [2.24, 2.45) is 5.11 Å². The van der Waals surface area contributed by atoms with E-state index in [1.165, 1.54) is 24.3 Å². The highest BCUT2D eigenvalue weighted by Gasteiger charge is 2.30. The predicted molar refractivity (Wildman–Crippen MR) is 63.1 cm³/mol. The van der Waals surface area contributed by atoms with Crippen LogP contribution in [0.1, 0.15) is 12.8 Å². The third kappa shape index (κ3) is 2.70. The van der Waals surface area contributed by atoms with Crippen LogP contribution in [0.25, 0.3) is 10.4 Å². The van der Waals surface area contributed by atoms with E-state index < -0.39 is 17.7 Å². The van der Waals surface area contributed by atoms with Crippen LogP contribution < -0.4 is 5.06 Å². The Kier molecular flexibility index (Phi) is 3.44. The number of ketones is 1. The number of nitrogens with zero attached hydrogens (tertiary/aromatic N) is 4. The van der Waals surface area contributed by atoms with Crippen molar-refractivity contribution in [2.75, 3.05) is 5.06 Å². The van der Waals surface area contributed by atoms with E-state index in [4.69, 9.17) is 10.4 Å². The minimum atomic E-state index is -1.06. The quantitative estimate of drug-likeness (QED) is 0.349. The number of amides is 1. The first-order chi connectivity index (χ1) is 9.11. The zero-order valence-corrected chi connectivity index (χ0v) is 9.65. The SMILES string of the molecule is [N-]=[N+]=Nc1ccc(N2OC(=O)C(=O)CCC2=O)cc1. The molecule has 8 nitrogen and oxygen atoms in total. The highest BCUT2D eigenvalue weighted by molar-refractivity contribution is 6.35. The lowest BCUT2D eigenvalue weighted by molar-refractivity contribution is -0.155. The minimum absolute atomic E-state index is 0.0946. The number of carbonyl (C=O) groups is 3. The molecule has 0 aliphatic carbocycles. The van der Waals surface area contributed by atoms with Gasteiger partial charge in [-0.2, -0.15) is 0 Å². The van der Waals surface area contributed by atoms with Gasteiger partial charge >= 0.3 is 5.97 Å². The van der Waals surface area contributed by atoms with Crippen LogP contribution in [0.5, 0.6) is 0 Å². The number of hydrogen-bond acceptors (Lipinski definition) is 5. The molecule has 0 unspecified atom stereocenters. The van der Waals surface area contributed by atoms with Gasteiger partial charge in [0.25, 0.3) is 5.91 Å². The van der Waals surface area contributed by atoms with Crippen molar-refractivity contribution in [1.82, 2.24) is 0 Å². The second-order valence-corrected chi connectivity index (χ2v) is 3.70. The summed E-state index contributed by atoms with van der Waals surface area (Å²) in [7, 11) is 0. The maximum atomic E-state index is 11.7. The molecule has 1 heterocycles. The van der Waals surface area contributed by atoms with Gasteiger partial charge in [-0.15, -0.1) is 5.06 Å². The summed E-state index contributed by atoms with van der Waals surface area (Å²) in [6.45, 7) is 0. The molecule has 1 fully saturated rings. The average molecular weight is 260 g/mol. The summed E-state index contributed by atoms with van der Waals surface area (Å²) in [4.78, 5) is 41.5. The average Bonchev–Trinajstić information content (AvgIpc) is 2.54. The van der Waals surface area contributed by atoms with Crippen molar-refractivity contribution in [1.29, 1.82) is 0 Å². The maximum absolute atomic E-state index is 11.7. The molecule has 8 heteroatoms. The van der Waals surface area contributed by atoms with Crippen LogP contribution in [0, 0.1) is 0 Å². The fourth-order valence-electron chi connectivity index (χ4n) is 1.51. The maximum Gasteiger partial charge on any atom is 0.399 e. The van der Waals surface area contributed by atoms with Crippen molar-refractivity contribution in [2.45, 2.75) is 12.8 Å². The normalized spacial score (nSPS) is 15.6. The molecule has 96 valence electrons. The van der Waals surface area contributed by atoms with Gasteiger partial charge in [0.05, 0.1) is 5.69 Å². The molecular formula is C11H8N4O4. The number of carbonyl (C=O) groups excluding carboxylic acids is 3. The van der Waals surface area contributed by atoms with Gasteiger partial charge in [0.1, 0.15) is 0 Å². The first kappa shape index (κ1) is 12.6. The number of Topliss-reactive ketones (excluding diaryl/α,β-unsaturated/α-hetero) is 1. The van der Waals surface area contributed by atoms with Crippen molar-refractivity contribution in [3.05, 3.63) is 34.7 Å². The molecule has 2 rings (SSSR count). The topological polar surface area (TPSA) is 112 Å². The fourth-order valence-corrected chi connectivity index (χ4v) is 1.51. The number of benzene rings is 1. The molecule has 1 amide bonds. The van der Waals surface area contributed by atoms with Gasteiger partial charge in [0, 0.05) is 23.4 Å². The second kappa shape index (κ2) is 5.19. The summed E-state index contributed by atoms with van der Waals surface area (Å²) in [6, 6.07) is 5.82. The molecule has 0 bridgehead atoms. The number of hydroxylamine groups is 1. The van der Waals surface area contributed by atoms with Gasteiger partial charge in [-0.05, 0) is 17.7 Å². The van der Waals surface area contributed by atoms with Crippen LogP contribution in [0.4, 0.5) is 11.4 Å². The largest absolute Gasteiger partial charge is 0.399 e. The Bertz CT molecular complexity index is 589. The molecule has 1 aliphatic rings. The molecule has 0 radical (unpaired) electrons. The molecule has 0 N–H and O–H groups in total. The van der Waals surface area contributed by atoms with Crippen LogP contribution in [0.2, 0.25) is 0 Å².